The van der Waals surface area contributed by atoms with Crippen molar-refractivity contribution in [1.82, 2.24) is 19.2 Å². The number of fused-ring (bicyclic) bond motifs is 4. The summed E-state index contributed by atoms with van der Waals surface area (Å²) in [6, 6.07) is 16.7. The molecule has 0 saturated carbocycles. The van der Waals surface area contributed by atoms with Crippen LogP contribution in [0.15, 0.2) is 96.9 Å². The van der Waals surface area contributed by atoms with Crippen LogP contribution in [0.1, 0.15) is 51.7 Å². The lowest BCUT2D eigenvalue weighted by molar-refractivity contribution is 0.0982. The summed E-state index contributed by atoms with van der Waals surface area (Å²) >= 11 is 6.55. The normalized spacial score (nSPS) is 13.9. The Morgan fingerprint density at radius 3 is 2.43 bits per heavy atom. The molecule has 1 atom stereocenters. The predicted octanol–water partition coefficient (Wildman–Crippen LogP) is 7.76. The number of halogens is 1. The Morgan fingerprint density at radius 1 is 1.00 bits per heavy atom. The molecule has 3 aromatic carbocycles. The number of rotatable bonds is 11. The number of phenols is 1. The number of ether oxygens (including phenoxy) is 2. The summed E-state index contributed by atoms with van der Waals surface area (Å²) in [5.74, 6) is -0.367. The number of nitrogens with zero attached hydrogens (tertiary/aromatic N) is 5. The molecule has 0 aliphatic carbocycles. The number of aromatic nitrogens is 2. The van der Waals surface area contributed by atoms with E-state index >= 15 is 0 Å². The predicted molar refractivity (Wildman–Crippen MR) is 216 cm³/mol. The van der Waals surface area contributed by atoms with Crippen LogP contribution in [0.2, 0.25) is 0 Å². The van der Waals surface area contributed by atoms with Crippen molar-refractivity contribution in [2.75, 3.05) is 56.4 Å². The number of likely N-dealkylation sites (N-methyl/N-ethyl adjacent to an activating group) is 2. The Labute approximate surface area is 329 Å². The fraction of sp³-hybridized carbons (Fsp3) is 0.262. The van der Waals surface area contributed by atoms with Crippen LogP contribution in [0.5, 0.6) is 11.5 Å². The van der Waals surface area contributed by atoms with E-state index in [1.54, 1.807) is 54.0 Å². The number of hydrogen-bond acceptors (Lipinski definition) is 8. The number of amides is 4. The van der Waals surface area contributed by atoms with Crippen molar-refractivity contribution in [2.45, 2.75) is 26.7 Å². The quantitative estimate of drug-likeness (QED) is 0.102. The summed E-state index contributed by atoms with van der Waals surface area (Å²) in [4.78, 5) is 62.1. The molecule has 1 aliphatic rings. The number of aromatic hydroxyl groups is 1. The zero-order valence-electron chi connectivity index (χ0n) is 31.8. The number of imidazole rings is 1. The van der Waals surface area contributed by atoms with E-state index < -0.39 is 12.2 Å². The summed E-state index contributed by atoms with van der Waals surface area (Å²) in [5, 5.41) is 13.9. The highest BCUT2D eigenvalue weighted by Gasteiger charge is 2.37. The van der Waals surface area contributed by atoms with Crippen LogP contribution in [-0.2, 0) is 4.74 Å². The number of benzene rings is 3. The Balaban J connectivity index is 1.22. The molecule has 14 heteroatoms. The van der Waals surface area contributed by atoms with Crippen molar-refractivity contribution in [2.24, 2.45) is 0 Å². The van der Waals surface area contributed by atoms with Gasteiger partial charge in [0.25, 0.3) is 11.8 Å². The number of carbonyl (C=O) groups excluding carboxylic acids is 4. The van der Waals surface area contributed by atoms with Crippen LogP contribution in [0.3, 0.4) is 0 Å². The molecule has 5 aromatic rings. The molecule has 2 aromatic heterocycles. The minimum Gasteiger partial charge on any atom is -0.508 e. The maximum atomic E-state index is 14.3. The van der Waals surface area contributed by atoms with Gasteiger partial charge in [-0.3, -0.25) is 9.59 Å². The number of alkyl halides is 1. The van der Waals surface area contributed by atoms with E-state index in [0.29, 0.717) is 28.0 Å². The van der Waals surface area contributed by atoms with Crippen molar-refractivity contribution >= 4 is 63.4 Å². The van der Waals surface area contributed by atoms with Crippen LogP contribution < -0.4 is 15.0 Å². The van der Waals surface area contributed by atoms with Gasteiger partial charge >= 0.3 is 12.2 Å². The third kappa shape index (κ3) is 8.32. The Kier molecular flexibility index (Phi) is 11.9. The highest BCUT2D eigenvalue weighted by atomic mass is 35.5. The summed E-state index contributed by atoms with van der Waals surface area (Å²) in [7, 11) is 3.18. The number of anilines is 2. The molecule has 0 radical (unpaired) electrons. The topological polar surface area (TPSA) is 146 Å². The molecular formula is C42H43ClN6O7. The highest BCUT2D eigenvalue weighted by Crippen LogP contribution is 2.47. The van der Waals surface area contributed by atoms with Crippen molar-refractivity contribution in [3.05, 3.63) is 119 Å². The van der Waals surface area contributed by atoms with Gasteiger partial charge in [-0.2, -0.15) is 0 Å². The van der Waals surface area contributed by atoms with E-state index in [4.69, 9.17) is 21.1 Å². The molecular weight excluding hydrogens is 736 g/mol. The lowest BCUT2D eigenvalue weighted by Gasteiger charge is -2.23. The van der Waals surface area contributed by atoms with E-state index in [1.165, 1.54) is 34.1 Å². The van der Waals surface area contributed by atoms with E-state index in [0.717, 1.165) is 22.1 Å². The van der Waals surface area contributed by atoms with Crippen LogP contribution >= 0.6 is 11.6 Å². The SMILES string of the molecule is C/C=C\C(=C/C)COC(=O)N(C)CCN(C)C(=O)Oc1cc2c(c3c(C)cccc13)[C@H](CCl)CN2C(=O)c1cn2cc(NC(=O)c3ccc(O)cc3)ccc2n1. The molecule has 6 rings (SSSR count). The first-order chi connectivity index (χ1) is 26.9. The molecule has 0 saturated heterocycles. The second-order valence-corrected chi connectivity index (χ2v) is 13.8. The highest BCUT2D eigenvalue weighted by molar-refractivity contribution is 6.19. The average Bonchev–Trinajstić information content (AvgIpc) is 3.79. The van der Waals surface area contributed by atoms with Gasteiger partial charge in [-0.15, -0.1) is 11.6 Å². The maximum Gasteiger partial charge on any atom is 0.415 e. The van der Waals surface area contributed by atoms with Crippen molar-refractivity contribution < 1.29 is 33.8 Å². The third-order valence-electron chi connectivity index (χ3n) is 9.65. The Morgan fingerprint density at radius 2 is 1.73 bits per heavy atom. The maximum absolute atomic E-state index is 14.3. The van der Waals surface area contributed by atoms with Crippen LogP contribution in [0.25, 0.3) is 16.4 Å². The number of hydrogen-bond donors (Lipinski definition) is 2. The van der Waals surface area contributed by atoms with Crippen LogP contribution in [-0.4, -0.2) is 94.5 Å². The first-order valence-electron chi connectivity index (χ1n) is 18.0. The molecule has 13 nitrogen and oxygen atoms in total. The molecule has 0 unspecified atom stereocenters. The minimum absolute atomic E-state index is 0.0561. The fourth-order valence-corrected chi connectivity index (χ4v) is 6.81. The minimum atomic E-state index is -0.641. The van der Waals surface area contributed by atoms with E-state index in [9.17, 15) is 24.3 Å². The number of carbonyl (C=O) groups is 4. The Bertz CT molecular complexity index is 2370. The van der Waals surface area contributed by atoms with Gasteiger partial charge in [0.15, 0.2) is 0 Å². The summed E-state index contributed by atoms with van der Waals surface area (Å²) in [6.45, 7) is 6.51. The largest absolute Gasteiger partial charge is 0.508 e. The molecule has 56 heavy (non-hydrogen) atoms. The van der Waals surface area contributed by atoms with Gasteiger partial charge in [0, 0.05) is 74.9 Å². The van der Waals surface area contributed by atoms with Gasteiger partial charge in [0.2, 0.25) is 0 Å². The number of allylic oxidation sites excluding steroid dienone is 2. The molecule has 0 fully saturated rings. The lowest BCUT2D eigenvalue weighted by Crippen LogP contribution is -2.38. The summed E-state index contributed by atoms with van der Waals surface area (Å²) in [5.41, 5.74) is 4.75. The van der Waals surface area contributed by atoms with E-state index in [-0.39, 0.29) is 67.0 Å². The zero-order valence-corrected chi connectivity index (χ0v) is 32.5. The zero-order chi connectivity index (χ0) is 40.1. The summed E-state index contributed by atoms with van der Waals surface area (Å²) in [6.07, 6.45) is 7.70. The number of phenolic OH excluding ortho intramolecular Hbond substituents is 1. The molecule has 1 aliphatic heterocycles. The van der Waals surface area contributed by atoms with Gasteiger partial charge in [0.05, 0.1) is 11.4 Å². The van der Waals surface area contributed by atoms with Crippen molar-refractivity contribution in [3.8, 4) is 11.5 Å². The summed E-state index contributed by atoms with van der Waals surface area (Å²) < 4.78 is 13.1. The first-order valence-corrected chi connectivity index (χ1v) is 18.6. The van der Waals surface area contributed by atoms with Gasteiger partial charge in [-0.05, 0) is 79.3 Å². The Hall–Kier alpha value is -6.34. The smallest absolute Gasteiger partial charge is 0.415 e. The molecule has 3 heterocycles. The average molecular weight is 779 g/mol. The first kappa shape index (κ1) is 39.4. The van der Waals surface area contributed by atoms with Gasteiger partial charge in [0.1, 0.15) is 29.4 Å². The molecule has 290 valence electrons. The van der Waals surface area contributed by atoms with Gasteiger partial charge in [-0.1, -0.05) is 36.4 Å². The molecule has 2 N–H and O–H groups in total. The monoisotopic (exact) mass is 778 g/mol. The van der Waals surface area contributed by atoms with Crippen molar-refractivity contribution in [3.63, 3.8) is 0 Å². The molecule has 0 spiro atoms. The molecule has 0 bridgehead atoms. The van der Waals surface area contributed by atoms with Crippen LogP contribution in [0, 0.1) is 6.92 Å². The number of nitrogens with one attached hydrogen (secondary N) is 1. The second-order valence-electron chi connectivity index (χ2n) is 13.5. The standard InChI is InChI=1S/C42H43ClN6O7/c1-6-9-27(7-2)25-55-41(53)46(4)18-19-47(5)42(54)56-35-20-34-38(37-26(3)10-8-11-32(35)37)29(21-43)22-49(34)40(52)33-24-48-23-30(14-17-36(48)45-33)44-39(51)28-12-15-31(50)16-13-28/h6-17,20,23-24,29,50H,18-19,21-22,25H2,1-5H3,(H,44,51)/b9-6-,27-7+/t29-/m1/s1. The van der Waals surface area contributed by atoms with Crippen molar-refractivity contribution in [1.29, 1.82) is 0 Å². The van der Waals surface area contributed by atoms with Crippen LogP contribution in [0.4, 0.5) is 21.0 Å². The number of pyridine rings is 1. The second kappa shape index (κ2) is 17.0. The van der Waals surface area contributed by atoms with Gasteiger partial charge < -0.3 is 39.0 Å². The third-order valence-corrected chi connectivity index (χ3v) is 10.0. The fourth-order valence-electron chi connectivity index (χ4n) is 6.56. The molecule has 4 amide bonds. The van der Waals surface area contributed by atoms with E-state index in [1.807, 2.05) is 57.2 Å². The lowest BCUT2D eigenvalue weighted by atomic mass is 9.92. The number of aryl methyl sites for hydroxylation is 1. The van der Waals surface area contributed by atoms with Gasteiger partial charge in [-0.25, -0.2) is 14.6 Å². The van der Waals surface area contributed by atoms with E-state index in [2.05, 4.69) is 10.3 Å².